The van der Waals surface area contributed by atoms with Crippen LogP contribution in [0.3, 0.4) is 0 Å². The fraction of sp³-hybridized carbons (Fsp3) is 0.308. The summed E-state index contributed by atoms with van der Waals surface area (Å²) in [6.45, 7) is 4.00. The van der Waals surface area contributed by atoms with Crippen LogP contribution < -0.4 is 10.6 Å². The monoisotopic (exact) mass is 434 g/mol. The number of hydrogen-bond acceptors (Lipinski definition) is 4. The normalized spacial score (nSPS) is 18.3. The molecular weight excluding hydrogens is 400 g/mol. The minimum Gasteiger partial charge on any atom is -0.497 e. The lowest BCUT2D eigenvalue weighted by Crippen LogP contribution is -2.17. The highest BCUT2D eigenvalue weighted by atomic mass is 16.5. The van der Waals surface area contributed by atoms with Crippen molar-refractivity contribution in [3.63, 3.8) is 0 Å². The van der Waals surface area contributed by atoms with Crippen molar-refractivity contribution in [2.45, 2.75) is 39.0 Å². The third-order valence-corrected chi connectivity index (χ3v) is 4.97. The highest BCUT2D eigenvalue weighted by molar-refractivity contribution is 5.78. The Kier molecular flexibility index (Phi) is 10.6. The van der Waals surface area contributed by atoms with E-state index in [1.807, 2.05) is 56.7 Å². The van der Waals surface area contributed by atoms with Crippen LogP contribution in [0.5, 0.6) is 0 Å². The Balaban J connectivity index is 0.000000213. The Labute approximate surface area is 191 Å². The molecule has 6 heteroatoms. The molecule has 1 amide bonds. The average molecular weight is 435 g/mol. The number of allylic oxidation sites excluding steroid dienone is 10. The average Bonchev–Trinajstić information content (AvgIpc) is 3.16. The van der Waals surface area contributed by atoms with Crippen LogP contribution in [-0.4, -0.2) is 30.3 Å². The zero-order valence-corrected chi connectivity index (χ0v) is 19.4. The number of dihydropyridines is 1. The number of aromatic nitrogens is 2. The maximum atomic E-state index is 11.1. The molecule has 170 valence electrons. The van der Waals surface area contributed by atoms with Gasteiger partial charge in [0.25, 0.3) is 0 Å². The number of aromatic amines is 1. The van der Waals surface area contributed by atoms with Gasteiger partial charge in [-0.15, -0.1) is 0 Å². The number of methoxy groups -OCH3 is 1. The lowest BCUT2D eigenvalue weighted by Gasteiger charge is -2.10. The van der Waals surface area contributed by atoms with Crippen molar-refractivity contribution in [2.75, 3.05) is 14.2 Å². The zero-order valence-electron chi connectivity index (χ0n) is 19.4. The molecule has 0 aromatic carbocycles. The summed E-state index contributed by atoms with van der Waals surface area (Å²) in [5, 5.41) is 12.7. The number of ether oxygens (including phenoxy) is 1. The van der Waals surface area contributed by atoms with Crippen LogP contribution in [0.25, 0.3) is 0 Å². The second-order valence-electron chi connectivity index (χ2n) is 7.02. The predicted molar refractivity (Wildman–Crippen MR) is 130 cm³/mol. The molecule has 2 heterocycles. The fourth-order valence-corrected chi connectivity index (χ4v) is 3.21. The lowest BCUT2D eigenvalue weighted by atomic mass is 10.0. The van der Waals surface area contributed by atoms with Crippen LogP contribution in [0.1, 0.15) is 44.6 Å². The smallest absolute Gasteiger partial charge is 0.223 e. The van der Waals surface area contributed by atoms with Crippen LogP contribution in [0.15, 0.2) is 95.9 Å². The summed E-state index contributed by atoms with van der Waals surface area (Å²) in [4.78, 5) is 11.1. The van der Waals surface area contributed by atoms with Crippen molar-refractivity contribution in [3.05, 3.63) is 101 Å². The Morgan fingerprint density at radius 2 is 1.97 bits per heavy atom. The number of H-pyrrole nitrogens is 1. The SMILES string of the molecule is C1=CNC2=C(C=CC(c3cn[nH]c3)C=C2)C1.CC.CNC(=O)CC1=CC=C(OC)C=CC1. The predicted octanol–water partition coefficient (Wildman–Crippen LogP) is 4.95. The van der Waals surface area contributed by atoms with Gasteiger partial charge >= 0.3 is 0 Å². The molecule has 1 aliphatic heterocycles. The van der Waals surface area contributed by atoms with Crippen molar-refractivity contribution in [2.24, 2.45) is 0 Å². The molecule has 3 N–H and O–H groups in total. The molecular formula is C26H34N4O2. The summed E-state index contributed by atoms with van der Waals surface area (Å²) in [6, 6.07) is 0. The number of hydrogen-bond donors (Lipinski definition) is 3. The van der Waals surface area contributed by atoms with Gasteiger partial charge in [0.2, 0.25) is 5.91 Å². The van der Waals surface area contributed by atoms with Gasteiger partial charge in [-0.3, -0.25) is 9.89 Å². The first-order valence-corrected chi connectivity index (χ1v) is 11.0. The standard InChI is InChI=1S/C13H13N3.C11H15NO2.C2H6/c1-2-11-4-3-10(12-8-15-16-9-12)5-6-13(11)14-7-1;1-12-11(13)8-9-4-3-5-10(14-2)7-6-9;1-2/h1,3-10,14H,2H2,(H,15,16);3,5-7H,4,8H2,1-2H3,(H,12,13);1-2H3. The summed E-state index contributed by atoms with van der Waals surface area (Å²) < 4.78 is 5.08. The first kappa shape index (κ1) is 24.7. The number of nitrogens with zero attached hydrogens (tertiary/aromatic N) is 1. The number of carbonyl (C=O) groups is 1. The molecule has 2 aliphatic carbocycles. The molecule has 6 nitrogen and oxygen atoms in total. The Morgan fingerprint density at radius 3 is 2.69 bits per heavy atom. The van der Waals surface area contributed by atoms with E-state index in [2.05, 4.69) is 51.2 Å². The van der Waals surface area contributed by atoms with E-state index in [1.165, 1.54) is 16.8 Å². The molecule has 3 aliphatic rings. The van der Waals surface area contributed by atoms with Crippen molar-refractivity contribution < 1.29 is 9.53 Å². The molecule has 0 bridgehead atoms. The molecule has 4 rings (SSSR count). The van der Waals surface area contributed by atoms with Crippen molar-refractivity contribution in [1.82, 2.24) is 20.8 Å². The van der Waals surface area contributed by atoms with E-state index in [-0.39, 0.29) is 5.91 Å². The number of rotatable bonds is 4. The molecule has 0 saturated heterocycles. The zero-order chi connectivity index (χ0) is 23.2. The molecule has 0 radical (unpaired) electrons. The van der Waals surface area contributed by atoms with Crippen LogP contribution in [0.4, 0.5) is 0 Å². The fourth-order valence-electron chi connectivity index (χ4n) is 3.21. The van der Waals surface area contributed by atoms with Crippen LogP contribution >= 0.6 is 0 Å². The second kappa shape index (κ2) is 13.7. The first-order valence-electron chi connectivity index (χ1n) is 11.0. The molecule has 1 aromatic heterocycles. The highest BCUT2D eigenvalue weighted by Gasteiger charge is 2.11. The van der Waals surface area contributed by atoms with Gasteiger partial charge in [0.1, 0.15) is 5.76 Å². The van der Waals surface area contributed by atoms with Gasteiger partial charge in [0.15, 0.2) is 0 Å². The largest absolute Gasteiger partial charge is 0.497 e. The van der Waals surface area contributed by atoms with Crippen LogP contribution in [0.2, 0.25) is 0 Å². The van der Waals surface area contributed by atoms with Crippen LogP contribution in [-0.2, 0) is 9.53 Å². The Bertz CT molecular complexity index is 916. The summed E-state index contributed by atoms with van der Waals surface area (Å²) in [6.07, 6.45) is 26.7. The third-order valence-electron chi connectivity index (χ3n) is 4.97. The van der Waals surface area contributed by atoms with Gasteiger partial charge in [-0.1, -0.05) is 55.9 Å². The number of carbonyl (C=O) groups excluding carboxylic acids is 1. The van der Waals surface area contributed by atoms with Crippen LogP contribution in [0, 0.1) is 0 Å². The van der Waals surface area contributed by atoms with Gasteiger partial charge in [0.05, 0.1) is 13.3 Å². The van der Waals surface area contributed by atoms with E-state index < -0.39 is 0 Å². The topological polar surface area (TPSA) is 79.0 Å². The summed E-state index contributed by atoms with van der Waals surface area (Å²) in [5.41, 5.74) is 4.82. The van der Waals surface area contributed by atoms with Gasteiger partial charge in [0, 0.05) is 36.8 Å². The highest BCUT2D eigenvalue weighted by Crippen LogP contribution is 2.25. The Morgan fingerprint density at radius 1 is 1.16 bits per heavy atom. The van der Waals surface area contributed by atoms with Gasteiger partial charge < -0.3 is 15.4 Å². The summed E-state index contributed by atoms with van der Waals surface area (Å²) in [7, 11) is 3.28. The van der Waals surface area contributed by atoms with E-state index in [9.17, 15) is 4.79 Å². The van der Waals surface area contributed by atoms with Gasteiger partial charge in [-0.05, 0) is 42.8 Å². The minimum atomic E-state index is 0.0407. The summed E-state index contributed by atoms with van der Waals surface area (Å²) >= 11 is 0. The minimum absolute atomic E-state index is 0.0407. The van der Waals surface area contributed by atoms with Crippen molar-refractivity contribution in [3.8, 4) is 0 Å². The molecule has 1 unspecified atom stereocenters. The molecule has 0 saturated carbocycles. The maximum Gasteiger partial charge on any atom is 0.223 e. The second-order valence-corrected chi connectivity index (χ2v) is 7.02. The van der Waals surface area contributed by atoms with Gasteiger partial charge in [-0.25, -0.2) is 0 Å². The van der Waals surface area contributed by atoms with E-state index in [0.29, 0.717) is 12.3 Å². The molecule has 1 atom stereocenters. The number of amides is 1. The maximum absolute atomic E-state index is 11.1. The number of nitrogens with one attached hydrogen (secondary N) is 3. The quantitative estimate of drug-likeness (QED) is 0.627. The summed E-state index contributed by atoms with van der Waals surface area (Å²) in [5.74, 6) is 1.17. The lowest BCUT2D eigenvalue weighted by molar-refractivity contribution is -0.119. The molecule has 0 spiro atoms. The van der Waals surface area contributed by atoms with E-state index in [4.69, 9.17) is 4.74 Å². The third kappa shape index (κ3) is 7.61. The van der Waals surface area contributed by atoms with Crippen molar-refractivity contribution in [1.29, 1.82) is 0 Å². The molecule has 1 aromatic rings. The van der Waals surface area contributed by atoms with E-state index >= 15 is 0 Å². The first-order chi connectivity index (χ1) is 15.7. The Hall–Kier alpha value is -3.54. The molecule has 32 heavy (non-hydrogen) atoms. The van der Waals surface area contributed by atoms with Gasteiger partial charge in [-0.2, -0.15) is 5.10 Å². The van der Waals surface area contributed by atoms with E-state index in [0.717, 1.165) is 24.2 Å². The molecule has 0 fully saturated rings. The van der Waals surface area contributed by atoms with E-state index in [1.54, 1.807) is 14.2 Å². The van der Waals surface area contributed by atoms with Crippen molar-refractivity contribution >= 4 is 5.91 Å².